The van der Waals surface area contributed by atoms with Gasteiger partial charge in [-0.1, -0.05) is 49.6 Å². The number of carbonyl (C=O) groups is 1. The van der Waals surface area contributed by atoms with E-state index in [4.69, 9.17) is 0 Å². The van der Waals surface area contributed by atoms with Gasteiger partial charge in [0.2, 0.25) is 5.91 Å². The SMILES string of the molecule is O=C1NC[C@H](C2CCCCC2)N[C@H]1Cc1ccccc1. The summed E-state index contributed by atoms with van der Waals surface area (Å²) in [5.74, 6) is 0.892. The highest BCUT2D eigenvalue weighted by Crippen LogP contribution is 2.27. The van der Waals surface area contributed by atoms with Crippen molar-refractivity contribution >= 4 is 5.91 Å². The molecule has 1 saturated heterocycles. The summed E-state index contributed by atoms with van der Waals surface area (Å²) in [5.41, 5.74) is 1.23. The molecule has 2 aliphatic rings. The van der Waals surface area contributed by atoms with Gasteiger partial charge in [-0.05, 0) is 30.7 Å². The standard InChI is InChI=1S/C17H24N2O/c20-17-15(11-13-7-3-1-4-8-13)19-16(12-18-17)14-9-5-2-6-10-14/h1,3-4,7-8,14-16,19H,2,5-6,9-12H2,(H,18,20)/t15-,16+/m0/s1. The second-order valence-corrected chi connectivity index (χ2v) is 6.16. The molecule has 2 atom stereocenters. The second-order valence-electron chi connectivity index (χ2n) is 6.16. The van der Waals surface area contributed by atoms with E-state index in [2.05, 4.69) is 22.8 Å². The molecule has 1 aromatic rings. The third-order valence-corrected chi connectivity index (χ3v) is 4.73. The van der Waals surface area contributed by atoms with Gasteiger partial charge in [0.05, 0.1) is 6.04 Å². The average Bonchev–Trinajstić information content (AvgIpc) is 2.51. The first-order valence-corrected chi connectivity index (χ1v) is 7.90. The highest BCUT2D eigenvalue weighted by atomic mass is 16.2. The van der Waals surface area contributed by atoms with Crippen LogP contribution in [0.4, 0.5) is 0 Å². The molecule has 2 N–H and O–H groups in total. The number of benzene rings is 1. The van der Waals surface area contributed by atoms with Crippen LogP contribution in [0.25, 0.3) is 0 Å². The molecule has 3 heteroatoms. The van der Waals surface area contributed by atoms with E-state index in [0.29, 0.717) is 6.04 Å². The molecule has 0 bridgehead atoms. The van der Waals surface area contributed by atoms with Crippen molar-refractivity contribution in [3.63, 3.8) is 0 Å². The summed E-state index contributed by atoms with van der Waals surface area (Å²) >= 11 is 0. The van der Waals surface area contributed by atoms with Gasteiger partial charge in [0, 0.05) is 12.6 Å². The molecule has 1 amide bonds. The Balaban J connectivity index is 1.62. The zero-order valence-electron chi connectivity index (χ0n) is 12.0. The number of nitrogens with one attached hydrogen (secondary N) is 2. The van der Waals surface area contributed by atoms with Gasteiger partial charge in [-0.15, -0.1) is 0 Å². The van der Waals surface area contributed by atoms with Crippen LogP contribution in [-0.4, -0.2) is 24.5 Å². The minimum Gasteiger partial charge on any atom is -0.353 e. The maximum absolute atomic E-state index is 12.1. The molecule has 0 aromatic heterocycles. The van der Waals surface area contributed by atoms with E-state index in [9.17, 15) is 4.79 Å². The molecule has 3 nitrogen and oxygen atoms in total. The molecule has 0 unspecified atom stereocenters. The van der Waals surface area contributed by atoms with E-state index in [0.717, 1.165) is 18.9 Å². The molecule has 0 radical (unpaired) electrons. The Hall–Kier alpha value is -1.35. The largest absolute Gasteiger partial charge is 0.353 e. The Kier molecular flexibility index (Phi) is 4.36. The van der Waals surface area contributed by atoms with E-state index in [1.165, 1.54) is 37.7 Å². The first-order valence-electron chi connectivity index (χ1n) is 7.90. The van der Waals surface area contributed by atoms with Crippen molar-refractivity contribution in [1.29, 1.82) is 0 Å². The Labute approximate surface area is 121 Å². The minimum atomic E-state index is -0.0712. The lowest BCUT2D eigenvalue weighted by Gasteiger charge is -2.37. The van der Waals surface area contributed by atoms with Gasteiger partial charge in [0.15, 0.2) is 0 Å². The third kappa shape index (κ3) is 3.21. The molecule has 2 fully saturated rings. The van der Waals surface area contributed by atoms with Crippen molar-refractivity contribution in [3.05, 3.63) is 35.9 Å². The molecule has 3 rings (SSSR count). The summed E-state index contributed by atoms with van der Waals surface area (Å²) < 4.78 is 0. The number of amides is 1. The number of carbonyl (C=O) groups excluding carboxylic acids is 1. The first-order chi connectivity index (χ1) is 9.83. The van der Waals surface area contributed by atoms with Crippen LogP contribution in [0.15, 0.2) is 30.3 Å². The summed E-state index contributed by atoms with van der Waals surface area (Å²) in [6.45, 7) is 0.800. The lowest BCUT2D eigenvalue weighted by molar-refractivity contribution is -0.125. The molecular weight excluding hydrogens is 248 g/mol. The molecule has 1 heterocycles. The van der Waals surface area contributed by atoms with E-state index in [1.807, 2.05) is 18.2 Å². The van der Waals surface area contributed by atoms with Crippen LogP contribution in [0, 0.1) is 5.92 Å². The maximum Gasteiger partial charge on any atom is 0.237 e. The molecule has 1 aromatic carbocycles. The topological polar surface area (TPSA) is 41.1 Å². The lowest BCUT2D eigenvalue weighted by Crippen LogP contribution is -2.61. The smallest absolute Gasteiger partial charge is 0.237 e. The zero-order chi connectivity index (χ0) is 13.8. The number of piperazine rings is 1. The van der Waals surface area contributed by atoms with Gasteiger partial charge in [-0.25, -0.2) is 0 Å². The fourth-order valence-corrected chi connectivity index (χ4v) is 3.57. The van der Waals surface area contributed by atoms with Crippen LogP contribution in [0.1, 0.15) is 37.7 Å². The number of hydrogen-bond acceptors (Lipinski definition) is 2. The molecule has 20 heavy (non-hydrogen) atoms. The Morgan fingerprint density at radius 1 is 1.05 bits per heavy atom. The summed E-state index contributed by atoms with van der Waals surface area (Å²) in [5, 5.41) is 6.71. The predicted molar refractivity (Wildman–Crippen MR) is 80.4 cm³/mol. The van der Waals surface area contributed by atoms with Crippen LogP contribution in [0.2, 0.25) is 0 Å². The van der Waals surface area contributed by atoms with Crippen LogP contribution in [0.5, 0.6) is 0 Å². The van der Waals surface area contributed by atoms with Crippen LogP contribution in [-0.2, 0) is 11.2 Å². The fourth-order valence-electron chi connectivity index (χ4n) is 3.57. The van der Waals surface area contributed by atoms with Gasteiger partial charge in [-0.3, -0.25) is 4.79 Å². The van der Waals surface area contributed by atoms with Crippen LogP contribution < -0.4 is 10.6 Å². The molecular formula is C17H24N2O. The van der Waals surface area contributed by atoms with Crippen molar-refractivity contribution < 1.29 is 4.79 Å². The summed E-state index contributed by atoms with van der Waals surface area (Å²) in [6, 6.07) is 10.7. The highest BCUT2D eigenvalue weighted by molar-refractivity contribution is 5.83. The van der Waals surface area contributed by atoms with Gasteiger partial charge in [0.1, 0.15) is 0 Å². The molecule has 108 valence electrons. The normalized spacial score (nSPS) is 28.1. The summed E-state index contributed by atoms with van der Waals surface area (Å²) in [6.07, 6.45) is 7.48. The van der Waals surface area contributed by atoms with Crippen LogP contribution in [0.3, 0.4) is 0 Å². The summed E-state index contributed by atoms with van der Waals surface area (Å²) in [7, 11) is 0. The molecule has 1 aliphatic carbocycles. The average molecular weight is 272 g/mol. The van der Waals surface area contributed by atoms with Gasteiger partial charge < -0.3 is 10.6 Å². The maximum atomic E-state index is 12.1. The van der Waals surface area contributed by atoms with Crippen molar-refractivity contribution in [2.24, 2.45) is 5.92 Å². The molecule has 0 spiro atoms. The second kappa shape index (κ2) is 6.40. The van der Waals surface area contributed by atoms with Crippen molar-refractivity contribution in [2.75, 3.05) is 6.54 Å². The third-order valence-electron chi connectivity index (χ3n) is 4.73. The quantitative estimate of drug-likeness (QED) is 0.886. The number of hydrogen-bond donors (Lipinski definition) is 2. The Bertz CT molecular complexity index is 440. The van der Waals surface area contributed by atoms with Crippen molar-refractivity contribution in [2.45, 2.75) is 50.6 Å². The lowest BCUT2D eigenvalue weighted by atomic mass is 9.82. The monoisotopic (exact) mass is 272 g/mol. The number of rotatable bonds is 3. The molecule has 1 aliphatic heterocycles. The Morgan fingerprint density at radius 2 is 1.80 bits per heavy atom. The predicted octanol–water partition coefficient (Wildman–Crippen LogP) is 2.27. The van der Waals surface area contributed by atoms with E-state index >= 15 is 0 Å². The van der Waals surface area contributed by atoms with Gasteiger partial charge in [-0.2, -0.15) is 0 Å². The molecule has 1 saturated carbocycles. The summed E-state index contributed by atoms with van der Waals surface area (Å²) in [4.78, 5) is 12.1. The van der Waals surface area contributed by atoms with Crippen molar-refractivity contribution in [3.8, 4) is 0 Å². The highest BCUT2D eigenvalue weighted by Gasteiger charge is 2.32. The van der Waals surface area contributed by atoms with Crippen LogP contribution >= 0.6 is 0 Å². The van der Waals surface area contributed by atoms with E-state index in [1.54, 1.807) is 0 Å². The minimum absolute atomic E-state index is 0.0712. The van der Waals surface area contributed by atoms with Gasteiger partial charge in [0.25, 0.3) is 0 Å². The Morgan fingerprint density at radius 3 is 2.55 bits per heavy atom. The van der Waals surface area contributed by atoms with Gasteiger partial charge >= 0.3 is 0 Å². The van der Waals surface area contributed by atoms with E-state index in [-0.39, 0.29) is 11.9 Å². The fraction of sp³-hybridized carbons (Fsp3) is 0.588. The zero-order valence-corrected chi connectivity index (χ0v) is 12.0. The first kappa shape index (κ1) is 13.6. The van der Waals surface area contributed by atoms with E-state index < -0.39 is 0 Å². The van der Waals surface area contributed by atoms with Crippen molar-refractivity contribution in [1.82, 2.24) is 10.6 Å².